The van der Waals surface area contributed by atoms with E-state index < -0.39 is 0 Å². The first-order chi connectivity index (χ1) is 12.5. The summed E-state index contributed by atoms with van der Waals surface area (Å²) >= 11 is 0. The zero-order chi connectivity index (χ0) is 19.1. The summed E-state index contributed by atoms with van der Waals surface area (Å²) in [5.74, 6) is 6.11. The van der Waals surface area contributed by atoms with Gasteiger partial charge in [0.15, 0.2) is 0 Å². The summed E-state index contributed by atoms with van der Waals surface area (Å²) < 4.78 is 0. The lowest BCUT2D eigenvalue weighted by Crippen LogP contribution is -2.22. The Kier molecular flexibility index (Phi) is 6.71. The number of allylic oxidation sites excluding steroid dienone is 7. The normalized spacial score (nSPS) is 17.7. The molecule has 1 aromatic carbocycles. The van der Waals surface area contributed by atoms with Crippen molar-refractivity contribution in [2.75, 3.05) is 6.54 Å². The van der Waals surface area contributed by atoms with Crippen molar-refractivity contribution < 1.29 is 0 Å². The maximum Gasteiger partial charge on any atom is 0.0504 e. The van der Waals surface area contributed by atoms with Crippen molar-refractivity contribution in [2.24, 2.45) is 5.92 Å². The molecule has 1 aliphatic rings. The molecule has 1 heteroatoms. The predicted octanol–water partition coefficient (Wildman–Crippen LogP) is 5.40. The van der Waals surface area contributed by atoms with E-state index in [0.29, 0.717) is 5.92 Å². The second-order valence-corrected chi connectivity index (χ2v) is 6.70. The third-order valence-electron chi connectivity index (χ3n) is 4.78. The predicted molar refractivity (Wildman–Crippen MR) is 113 cm³/mol. The molecule has 1 N–H and O–H groups in total. The number of aryl methyl sites for hydroxylation is 1. The van der Waals surface area contributed by atoms with Crippen LogP contribution in [0.5, 0.6) is 0 Å². The minimum Gasteiger partial charge on any atom is -0.387 e. The van der Waals surface area contributed by atoms with E-state index >= 15 is 0 Å². The molecule has 0 amide bonds. The number of benzene rings is 1. The third kappa shape index (κ3) is 4.59. The van der Waals surface area contributed by atoms with E-state index in [-0.39, 0.29) is 0 Å². The van der Waals surface area contributed by atoms with Gasteiger partial charge < -0.3 is 5.32 Å². The van der Waals surface area contributed by atoms with Crippen molar-refractivity contribution in [2.45, 2.75) is 34.1 Å². The SMILES string of the molecule is C#CC(/C(=C\C)c1ccc(C)c(C#C)c1)=C(/C)NCC1C=CC(C)=CC1. The standard InChI is InChI=1S/C25H27N/c1-7-22-16-23(15-12-19(22)5)25(9-3)24(8-2)20(6)26-17-21-13-10-18(4)11-14-21/h1-2,9-13,15-16,21,26H,14,17H2,3-6H3/b24-20+,25-9-. The maximum atomic E-state index is 5.86. The average Bonchev–Trinajstić information content (AvgIpc) is 2.66. The first kappa shape index (κ1) is 19.4. The second-order valence-electron chi connectivity index (χ2n) is 6.70. The van der Waals surface area contributed by atoms with Gasteiger partial charge in [-0.25, -0.2) is 0 Å². The molecule has 0 radical (unpaired) electrons. The Hall–Kier alpha value is -2.90. The van der Waals surface area contributed by atoms with Gasteiger partial charge in [-0.15, -0.1) is 12.8 Å². The van der Waals surface area contributed by atoms with E-state index in [9.17, 15) is 0 Å². The topological polar surface area (TPSA) is 12.0 Å². The molecule has 0 bridgehead atoms. The summed E-state index contributed by atoms with van der Waals surface area (Å²) in [7, 11) is 0. The summed E-state index contributed by atoms with van der Waals surface area (Å²) in [4.78, 5) is 0. The fourth-order valence-electron chi connectivity index (χ4n) is 3.08. The number of terminal acetylenes is 2. The average molecular weight is 341 g/mol. The van der Waals surface area contributed by atoms with Crippen molar-refractivity contribution in [1.29, 1.82) is 0 Å². The lowest BCUT2D eigenvalue weighted by Gasteiger charge is -2.19. The molecule has 1 unspecified atom stereocenters. The summed E-state index contributed by atoms with van der Waals surface area (Å²) in [5, 5.41) is 3.52. The highest BCUT2D eigenvalue weighted by atomic mass is 14.9. The fourth-order valence-corrected chi connectivity index (χ4v) is 3.08. The second kappa shape index (κ2) is 8.98. The fraction of sp³-hybridized carbons (Fsp3) is 0.280. The van der Waals surface area contributed by atoms with Crippen LogP contribution in [-0.4, -0.2) is 6.54 Å². The van der Waals surface area contributed by atoms with Gasteiger partial charge in [0, 0.05) is 17.8 Å². The highest BCUT2D eigenvalue weighted by Gasteiger charge is 2.12. The minimum atomic E-state index is 0.495. The van der Waals surface area contributed by atoms with Crippen LogP contribution in [0, 0.1) is 37.5 Å². The van der Waals surface area contributed by atoms with Gasteiger partial charge >= 0.3 is 0 Å². The third-order valence-corrected chi connectivity index (χ3v) is 4.78. The first-order valence-electron chi connectivity index (χ1n) is 9.00. The van der Waals surface area contributed by atoms with Gasteiger partial charge in [-0.1, -0.05) is 53.9 Å². The van der Waals surface area contributed by atoms with Gasteiger partial charge in [0.1, 0.15) is 0 Å². The highest BCUT2D eigenvalue weighted by molar-refractivity contribution is 5.84. The Balaban J connectivity index is 2.24. The van der Waals surface area contributed by atoms with Crippen molar-refractivity contribution >= 4 is 5.57 Å². The molecule has 132 valence electrons. The molecule has 1 nitrogen and oxygen atoms in total. The molecule has 0 spiro atoms. The molecule has 1 aromatic rings. The van der Waals surface area contributed by atoms with Crippen LogP contribution in [0.3, 0.4) is 0 Å². The van der Waals surface area contributed by atoms with Crippen LogP contribution in [0.15, 0.2) is 59.3 Å². The lowest BCUT2D eigenvalue weighted by molar-refractivity contribution is 0.600. The molecule has 0 saturated carbocycles. The Bertz CT molecular complexity index is 876. The summed E-state index contributed by atoms with van der Waals surface area (Å²) in [6.07, 6.45) is 21.3. The number of nitrogens with one attached hydrogen (secondary N) is 1. The number of hydrogen-bond acceptors (Lipinski definition) is 1. The Morgan fingerprint density at radius 1 is 1.31 bits per heavy atom. The van der Waals surface area contributed by atoms with E-state index in [4.69, 9.17) is 12.8 Å². The number of hydrogen-bond donors (Lipinski definition) is 1. The zero-order valence-corrected chi connectivity index (χ0v) is 16.2. The van der Waals surface area contributed by atoms with E-state index in [1.807, 2.05) is 32.9 Å². The van der Waals surface area contributed by atoms with Crippen LogP contribution >= 0.6 is 0 Å². The molecule has 1 aliphatic carbocycles. The van der Waals surface area contributed by atoms with Gasteiger partial charge in [-0.05, 0) is 62.8 Å². The summed E-state index contributed by atoms with van der Waals surface area (Å²) in [6.45, 7) is 9.08. The molecule has 26 heavy (non-hydrogen) atoms. The van der Waals surface area contributed by atoms with Crippen LogP contribution < -0.4 is 5.32 Å². The van der Waals surface area contributed by atoms with E-state index in [2.05, 4.69) is 54.5 Å². The molecule has 0 aromatic heterocycles. The van der Waals surface area contributed by atoms with Crippen LogP contribution in [0.25, 0.3) is 5.57 Å². The van der Waals surface area contributed by atoms with Gasteiger partial charge in [0.2, 0.25) is 0 Å². The first-order valence-corrected chi connectivity index (χ1v) is 9.00. The van der Waals surface area contributed by atoms with E-state index in [0.717, 1.165) is 46.5 Å². The molecule has 0 heterocycles. The largest absolute Gasteiger partial charge is 0.387 e. The van der Waals surface area contributed by atoms with Crippen LogP contribution in [-0.2, 0) is 0 Å². The van der Waals surface area contributed by atoms with E-state index in [1.54, 1.807) is 0 Å². The van der Waals surface area contributed by atoms with Gasteiger partial charge in [0.05, 0.1) is 5.57 Å². The monoisotopic (exact) mass is 341 g/mol. The zero-order valence-electron chi connectivity index (χ0n) is 16.2. The molecular weight excluding hydrogens is 314 g/mol. The van der Waals surface area contributed by atoms with Gasteiger partial charge in [0.25, 0.3) is 0 Å². The van der Waals surface area contributed by atoms with Crippen LogP contribution in [0.2, 0.25) is 0 Å². The molecule has 0 fully saturated rings. The molecule has 0 saturated heterocycles. The highest BCUT2D eigenvalue weighted by Crippen LogP contribution is 2.26. The quantitative estimate of drug-likeness (QED) is 0.558. The van der Waals surface area contributed by atoms with Crippen molar-refractivity contribution in [3.63, 3.8) is 0 Å². The maximum absolute atomic E-state index is 5.86. The smallest absolute Gasteiger partial charge is 0.0504 e. The van der Waals surface area contributed by atoms with Gasteiger partial charge in [-0.2, -0.15) is 0 Å². The Morgan fingerprint density at radius 3 is 2.65 bits per heavy atom. The molecule has 1 atom stereocenters. The number of rotatable bonds is 5. The van der Waals surface area contributed by atoms with Gasteiger partial charge in [-0.3, -0.25) is 0 Å². The van der Waals surface area contributed by atoms with Crippen molar-refractivity contribution in [3.8, 4) is 24.7 Å². The minimum absolute atomic E-state index is 0.495. The summed E-state index contributed by atoms with van der Waals surface area (Å²) in [6, 6.07) is 6.16. The van der Waals surface area contributed by atoms with E-state index in [1.165, 1.54) is 5.57 Å². The molecule has 2 rings (SSSR count). The summed E-state index contributed by atoms with van der Waals surface area (Å²) in [5.41, 5.74) is 7.31. The molecular formula is C25H27N. The van der Waals surface area contributed by atoms with Crippen LogP contribution in [0.1, 0.15) is 43.9 Å². The van der Waals surface area contributed by atoms with Crippen molar-refractivity contribution in [1.82, 2.24) is 5.32 Å². The Morgan fingerprint density at radius 2 is 2.08 bits per heavy atom. The Labute approximate surface area is 158 Å². The lowest BCUT2D eigenvalue weighted by atomic mass is 9.93. The van der Waals surface area contributed by atoms with Crippen molar-refractivity contribution in [3.05, 3.63) is 76.0 Å². The molecule has 0 aliphatic heterocycles. The van der Waals surface area contributed by atoms with Crippen LogP contribution in [0.4, 0.5) is 0 Å².